The SMILES string of the molecule is O=S(=O)(Oc1ccc2oc3cccc4c5ccccc5c1c2c34)C(F)(F)F. The van der Waals surface area contributed by atoms with Gasteiger partial charge in [0, 0.05) is 16.2 Å². The maximum Gasteiger partial charge on any atom is 0.534 e. The molecule has 0 saturated carbocycles. The van der Waals surface area contributed by atoms with E-state index in [1.165, 1.54) is 12.1 Å². The van der Waals surface area contributed by atoms with Crippen molar-refractivity contribution in [1.82, 2.24) is 0 Å². The molecule has 0 spiro atoms. The molecule has 8 heteroatoms. The summed E-state index contributed by atoms with van der Waals surface area (Å²) >= 11 is 0. The van der Waals surface area contributed by atoms with Crippen molar-refractivity contribution in [3.8, 4) is 5.75 Å². The first-order valence-electron chi connectivity index (χ1n) is 7.87. The van der Waals surface area contributed by atoms with Crippen molar-refractivity contribution >= 4 is 53.6 Å². The van der Waals surface area contributed by atoms with E-state index in [4.69, 9.17) is 4.42 Å². The van der Waals surface area contributed by atoms with Crippen LogP contribution < -0.4 is 4.18 Å². The number of halogens is 3. The van der Waals surface area contributed by atoms with E-state index in [0.717, 1.165) is 16.2 Å². The Kier molecular flexibility index (Phi) is 3.02. The molecule has 0 unspecified atom stereocenters. The summed E-state index contributed by atoms with van der Waals surface area (Å²) in [5.41, 5.74) is -4.51. The fourth-order valence-corrected chi connectivity index (χ4v) is 4.02. The normalized spacial score (nSPS) is 13.3. The average Bonchev–Trinajstić information content (AvgIpc) is 2.99. The summed E-state index contributed by atoms with van der Waals surface area (Å²) in [5, 5.41) is 3.74. The number of furan rings is 1. The van der Waals surface area contributed by atoms with Crippen LogP contribution in [0.15, 0.2) is 59.0 Å². The molecule has 136 valence electrons. The summed E-state index contributed by atoms with van der Waals surface area (Å²) in [4.78, 5) is 0. The molecule has 5 rings (SSSR count). The molecule has 4 nitrogen and oxygen atoms in total. The van der Waals surface area contributed by atoms with Crippen LogP contribution in [0.5, 0.6) is 5.75 Å². The van der Waals surface area contributed by atoms with E-state index < -0.39 is 15.6 Å². The molecule has 0 atom stereocenters. The van der Waals surface area contributed by atoms with Crippen LogP contribution in [-0.2, 0) is 10.1 Å². The Morgan fingerprint density at radius 1 is 0.741 bits per heavy atom. The lowest BCUT2D eigenvalue weighted by molar-refractivity contribution is -0.0499. The molecule has 0 aliphatic rings. The predicted octanol–water partition coefficient (Wildman–Crippen LogP) is 5.56. The minimum atomic E-state index is -5.80. The van der Waals surface area contributed by atoms with Gasteiger partial charge >= 0.3 is 15.6 Å². The maximum atomic E-state index is 12.8. The molecule has 0 N–H and O–H groups in total. The quantitative estimate of drug-likeness (QED) is 0.225. The molecule has 1 heterocycles. The molecule has 1 aromatic heterocycles. The van der Waals surface area contributed by atoms with E-state index in [-0.39, 0.29) is 11.1 Å². The number of hydrogen-bond acceptors (Lipinski definition) is 4. The van der Waals surface area contributed by atoms with Gasteiger partial charge in [-0.3, -0.25) is 0 Å². The topological polar surface area (TPSA) is 56.5 Å². The molecule has 0 radical (unpaired) electrons. The first-order chi connectivity index (χ1) is 12.8. The molecule has 0 aliphatic carbocycles. The Morgan fingerprint density at radius 2 is 1.37 bits per heavy atom. The maximum absolute atomic E-state index is 12.8. The minimum Gasteiger partial charge on any atom is -0.456 e. The first-order valence-corrected chi connectivity index (χ1v) is 9.27. The number of rotatable bonds is 2. The van der Waals surface area contributed by atoms with Gasteiger partial charge in [-0.25, -0.2) is 0 Å². The van der Waals surface area contributed by atoms with Crippen molar-refractivity contribution in [3.05, 3.63) is 54.6 Å². The fraction of sp³-hybridized carbons (Fsp3) is 0.0526. The van der Waals surface area contributed by atoms with Gasteiger partial charge in [0.05, 0.1) is 0 Å². The van der Waals surface area contributed by atoms with Crippen LogP contribution in [0.3, 0.4) is 0 Å². The predicted molar refractivity (Wildman–Crippen MR) is 95.5 cm³/mol. The monoisotopic (exact) mass is 390 g/mol. The van der Waals surface area contributed by atoms with E-state index in [9.17, 15) is 21.6 Å². The number of benzene rings is 4. The minimum absolute atomic E-state index is 0.272. The van der Waals surface area contributed by atoms with Gasteiger partial charge in [0.25, 0.3) is 0 Å². The third-order valence-electron chi connectivity index (χ3n) is 4.59. The highest BCUT2D eigenvalue weighted by molar-refractivity contribution is 7.88. The molecular weight excluding hydrogens is 381 g/mol. The molecule has 0 saturated heterocycles. The molecule has 5 aromatic rings. The summed E-state index contributed by atoms with van der Waals surface area (Å²) in [6.45, 7) is 0. The lowest BCUT2D eigenvalue weighted by Crippen LogP contribution is -2.28. The van der Waals surface area contributed by atoms with Crippen LogP contribution in [-0.4, -0.2) is 13.9 Å². The number of fused-ring (bicyclic) bond motifs is 3. The standard InChI is InChI=1S/C19H9F3O4S/c20-19(21,22)27(23,24)26-15-9-8-14-18-16-12(6-3-7-13(16)25-14)10-4-1-2-5-11(10)17(15)18/h1-9H. The van der Waals surface area contributed by atoms with Crippen molar-refractivity contribution in [2.75, 3.05) is 0 Å². The summed E-state index contributed by atoms with van der Waals surface area (Å²) in [7, 11) is -5.80. The van der Waals surface area contributed by atoms with Crippen LogP contribution in [0.4, 0.5) is 13.2 Å². The van der Waals surface area contributed by atoms with Gasteiger partial charge in [-0.2, -0.15) is 21.6 Å². The lowest BCUT2D eigenvalue weighted by atomic mass is 9.94. The highest BCUT2D eigenvalue weighted by Gasteiger charge is 2.48. The molecule has 0 amide bonds. The Hall–Kier alpha value is -3.00. The number of alkyl halides is 3. The van der Waals surface area contributed by atoms with Crippen molar-refractivity contribution < 1.29 is 30.2 Å². The second-order valence-corrected chi connectivity index (χ2v) is 7.66. The zero-order valence-corrected chi connectivity index (χ0v) is 14.2. The van der Waals surface area contributed by atoms with E-state index in [1.54, 1.807) is 24.3 Å². The smallest absolute Gasteiger partial charge is 0.456 e. The third-order valence-corrected chi connectivity index (χ3v) is 5.56. The van der Waals surface area contributed by atoms with Crippen LogP contribution in [0, 0.1) is 0 Å². The Balaban J connectivity index is 1.98. The van der Waals surface area contributed by atoms with Crippen molar-refractivity contribution in [2.24, 2.45) is 0 Å². The van der Waals surface area contributed by atoms with Crippen molar-refractivity contribution in [1.29, 1.82) is 0 Å². The highest BCUT2D eigenvalue weighted by atomic mass is 32.2. The van der Waals surface area contributed by atoms with Crippen LogP contribution in [0.25, 0.3) is 43.5 Å². The van der Waals surface area contributed by atoms with Gasteiger partial charge in [0.2, 0.25) is 0 Å². The zero-order chi connectivity index (χ0) is 19.0. The van der Waals surface area contributed by atoms with E-state index >= 15 is 0 Å². The molecule has 0 aliphatic heterocycles. The highest BCUT2D eigenvalue weighted by Crippen LogP contribution is 2.46. The van der Waals surface area contributed by atoms with Gasteiger partial charge in [0.1, 0.15) is 11.2 Å². The van der Waals surface area contributed by atoms with Gasteiger partial charge in [-0.1, -0.05) is 36.4 Å². The molecule has 0 fully saturated rings. The van der Waals surface area contributed by atoms with Gasteiger partial charge < -0.3 is 8.60 Å². The molecule has 0 bridgehead atoms. The first kappa shape index (κ1) is 16.2. The Bertz CT molecular complexity index is 1450. The third kappa shape index (κ3) is 2.13. The van der Waals surface area contributed by atoms with Crippen LogP contribution >= 0.6 is 0 Å². The Labute approximate surface area is 150 Å². The van der Waals surface area contributed by atoms with Gasteiger partial charge in [-0.05, 0) is 34.4 Å². The molecular formula is C19H9F3O4S. The zero-order valence-electron chi connectivity index (χ0n) is 13.4. The van der Waals surface area contributed by atoms with E-state index in [2.05, 4.69) is 4.18 Å². The largest absolute Gasteiger partial charge is 0.534 e. The van der Waals surface area contributed by atoms with E-state index in [0.29, 0.717) is 21.9 Å². The Morgan fingerprint density at radius 3 is 2.11 bits per heavy atom. The molecule has 4 aromatic carbocycles. The fourth-order valence-electron chi connectivity index (χ4n) is 3.55. The van der Waals surface area contributed by atoms with Crippen LogP contribution in [0.1, 0.15) is 0 Å². The number of hydrogen-bond donors (Lipinski definition) is 0. The lowest BCUT2D eigenvalue weighted by Gasteiger charge is -2.14. The van der Waals surface area contributed by atoms with Gasteiger partial charge in [0.15, 0.2) is 5.75 Å². The van der Waals surface area contributed by atoms with E-state index in [1.807, 2.05) is 18.2 Å². The summed E-state index contributed by atoms with van der Waals surface area (Å²) in [6, 6.07) is 15.1. The van der Waals surface area contributed by atoms with Crippen molar-refractivity contribution in [3.63, 3.8) is 0 Å². The second-order valence-electron chi connectivity index (χ2n) is 6.12. The second kappa shape index (κ2) is 5.04. The molecule has 27 heavy (non-hydrogen) atoms. The van der Waals surface area contributed by atoms with Crippen molar-refractivity contribution in [2.45, 2.75) is 5.51 Å². The summed E-state index contributed by atoms with van der Waals surface area (Å²) in [6.07, 6.45) is 0. The summed E-state index contributed by atoms with van der Waals surface area (Å²) < 4.78 is 72.0. The summed E-state index contributed by atoms with van der Waals surface area (Å²) in [5.74, 6) is -0.385. The van der Waals surface area contributed by atoms with Gasteiger partial charge in [-0.15, -0.1) is 0 Å². The van der Waals surface area contributed by atoms with Crippen LogP contribution in [0.2, 0.25) is 0 Å². The average molecular weight is 390 g/mol.